The average molecular weight is 527 g/mol. The first kappa shape index (κ1) is 27.5. The largest absolute Gasteiger partial charge is 0.409 e. The Balaban J connectivity index is 1.69. The molecule has 0 bridgehead atoms. The molecule has 1 N–H and O–H groups in total. The van der Waals surface area contributed by atoms with Gasteiger partial charge in [0.15, 0.2) is 14.1 Å². The SMILES string of the molecule is CNc1nc(CO[Si](C)(C)C(C)(C)C)nc2c1C(C)(C)C(=O)N2c1ccc(N2C[C@@H](C)O[C@@H](C)C2)nc1. The summed E-state index contributed by atoms with van der Waals surface area (Å²) in [6.45, 7) is 20.9. The molecule has 2 aliphatic rings. The minimum atomic E-state index is -2.00. The Hall–Kier alpha value is -2.56. The molecule has 2 aromatic rings. The number of morpholine rings is 1. The lowest BCUT2D eigenvalue weighted by Crippen LogP contribution is -2.45. The molecule has 2 aromatic heterocycles. The van der Waals surface area contributed by atoms with Gasteiger partial charge in [-0.3, -0.25) is 9.69 Å². The van der Waals surface area contributed by atoms with Gasteiger partial charge in [0, 0.05) is 20.1 Å². The van der Waals surface area contributed by atoms with Crippen LogP contribution in [0, 0.1) is 0 Å². The number of aromatic nitrogens is 3. The fraction of sp³-hybridized carbons (Fsp3) is 0.630. The molecule has 9 nitrogen and oxygen atoms in total. The number of anilines is 4. The van der Waals surface area contributed by atoms with Gasteiger partial charge in [-0.15, -0.1) is 0 Å². The number of pyridine rings is 1. The van der Waals surface area contributed by atoms with Crippen LogP contribution in [0.25, 0.3) is 0 Å². The Kier molecular flexibility index (Phi) is 7.15. The fourth-order valence-electron chi connectivity index (χ4n) is 4.72. The van der Waals surface area contributed by atoms with Crippen molar-refractivity contribution in [1.29, 1.82) is 0 Å². The summed E-state index contributed by atoms with van der Waals surface area (Å²) in [6.07, 6.45) is 2.04. The zero-order valence-corrected chi connectivity index (χ0v) is 25.0. The lowest BCUT2D eigenvalue weighted by atomic mass is 9.87. The Bertz CT molecular complexity index is 1150. The van der Waals surface area contributed by atoms with Crippen LogP contribution < -0.4 is 15.1 Å². The average Bonchev–Trinajstić information content (AvgIpc) is 3.01. The summed E-state index contributed by atoms with van der Waals surface area (Å²) in [5.74, 6) is 2.62. The third kappa shape index (κ3) is 5.11. The molecule has 0 aliphatic carbocycles. The molecule has 1 saturated heterocycles. The van der Waals surface area contributed by atoms with Gasteiger partial charge < -0.3 is 19.4 Å². The van der Waals surface area contributed by atoms with Crippen molar-refractivity contribution in [1.82, 2.24) is 15.0 Å². The number of carbonyl (C=O) groups is 1. The molecule has 37 heavy (non-hydrogen) atoms. The van der Waals surface area contributed by atoms with Crippen LogP contribution in [0.5, 0.6) is 0 Å². The highest BCUT2D eigenvalue weighted by Crippen LogP contribution is 2.47. The molecular formula is C27H42N6O3Si. The first-order valence-corrected chi connectivity index (χ1v) is 16.0. The highest BCUT2D eigenvalue weighted by atomic mass is 28.4. The van der Waals surface area contributed by atoms with E-state index in [1.54, 1.807) is 11.1 Å². The van der Waals surface area contributed by atoms with Gasteiger partial charge in [-0.2, -0.15) is 0 Å². The van der Waals surface area contributed by atoms with E-state index in [2.05, 4.69) is 57.9 Å². The van der Waals surface area contributed by atoms with E-state index in [1.807, 2.05) is 33.0 Å². The van der Waals surface area contributed by atoms with Gasteiger partial charge in [0.25, 0.3) is 0 Å². The van der Waals surface area contributed by atoms with Crippen LogP contribution in [0.4, 0.5) is 23.1 Å². The molecule has 2 aliphatic heterocycles. The molecule has 202 valence electrons. The van der Waals surface area contributed by atoms with Crippen molar-refractivity contribution < 1.29 is 14.0 Å². The second-order valence-corrected chi connectivity index (χ2v) is 17.1. The van der Waals surface area contributed by atoms with E-state index in [4.69, 9.17) is 24.1 Å². The summed E-state index contributed by atoms with van der Waals surface area (Å²) in [5, 5.41) is 3.27. The normalized spacial score (nSPS) is 21.8. The van der Waals surface area contributed by atoms with E-state index in [9.17, 15) is 4.79 Å². The molecule has 1 amide bonds. The minimum Gasteiger partial charge on any atom is -0.409 e. The lowest BCUT2D eigenvalue weighted by Gasteiger charge is -2.36. The molecule has 0 aromatic carbocycles. The van der Waals surface area contributed by atoms with Crippen molar-refractivity contribution in [2.24, 2.45) is 0 Å². The highest BCUT2D eigenvalue weighted by Gasteiger charge is 2.48. The first-order chi connectivity index (χ1) is 17.2. The first-order valence-electron chi connectivity index (χ1n) is 13.1. The smallest absolute Gasteiger partial charge is 0.243 e. The monoisotopic (exact) mass is 526 g/mol. The van der Waals surface area contributed by atoms with E-state index in [0.29, 0.717) is 29.8 Å². The number of rotatable bonds is 6. The number of fused-ring (bicyclic) bond motifs is 1. The molecule has 2 atom stereocenters. The number of carbonyl (C=O) groups excluding carboxylic acids is 1. The molecule has 4 heterocycles. The zero-order chi connectivity index (χ0) is 27.3. The Morgan fingerprint density at radius 1 is 1.16 bits per heavy atom. The van der Waals surface area contributed by atoms with Gasteiger partial charge in [-0.05, 0) is 58.0 Å². The van der Waals surface area contributed by atoms with Gasteiger partial charge in [0.05, 0.1) is 41.7 Å². The molecule has 1 fully saturated rings. The van der Waals surface area contributed by atoms with Crippen molar-refractivity contribution in [2.45, 2.75) is 90.8 Å². The fourth-order valence-corrected chi connectivity index (χ4v) is 5.65. The van der Waals surface area contributed by atoms with E-state index < -0.39 is 13.7 Å². The van der Waals surface area contributed by atoms with E-state index in [0.717, 1.165) is 24.5 Å². The van der Waals surface area contributed by atoms with Crippen LogP contribution in [0.3, 0.4) is 0 Å². The second kappa shape index (κ2) is 9.63. The quantitative estimate of drug-likeness (QED) is 0.526. The van der Waals surface area contributed by atoms with Gasteiger partial charge in [-0.1, -0.05) is 20.8 Å². The van der Waals surface area contributed by atoms with Crippen molar-refractivity contribution in [3.8, 4) is 0 Å². The van der Waals surface area contributed by atoms with E-state index in [1.165, 1.54) is 0 Å². The summed E-state index contributed by atoms with van der Waals surface area (Å²) in [5.41, 5.74) is 0.684. The van der Waals surface area contributed by atoms with E-state index in [-0.39, 0.29) is 23.2 Å². The van der Waals surface area contributed by atoms with Gasteiger partial charge in [-0.25, -0.2) is 15.0 Å². The Labute approximate surface area is 222 Å². The standard InChI is InChI=1S/C27H42N6O3Si/c1-17-14-32(15-18(2)36-17)21-12-11-19(13-29-21)33-24-22(27(6,7)25(33)34)23(28-8)30-20(31-24)16-35-37(9,10)26(3,4)5/h11-13,17-18H,14-16H2,1-10H3,(H,28,30,31)/t17-,18+. The Morgan fingerprint density at radius 3 is 2.35 bits per heavy atom. The van der Waals surface area contributed by atoms with Crippen LogP contribution >= 0.6 is 0 Å². The summed E-state index contributed by atoms with van der Waals surface area (Å²) >= 11 is 0. The molecule has 4 rings (SSSR count). The van der Waals surface area contributed by atoms with Crippen molar-refractivity contribution >= 4 is 37.4 Å². The number of hydrogen-bond acceptors (Lipinski definition) is 8. The number of nitrogens with one attached hydrogen (secondary N) is 1. The van der Waals surface area contributed by atoms with Crippen LogP contribution in [0.1, 0.15) is 59.9 Å². The van der Waals surface area contributed by atoms with E-state index >= 15 is 0 Å². The van der Waals surface area contributed by atoms with Gasteiger partial charge in [0.2, 0.25) is 5.91 Å². The summed E-state index contributed by atoms with van der Waals surface area (Å²) < 4.78 is 12.3. The number of ether oxygens (including phenoxy) is 1. The summed E-state index contributed by atoms with van der Waals surface area (Å²) in [7, 11) is -0.177. The second-order valence-electron chi connectivity index (χ2n) is 12.3. The molecular weight excluding hydrogens is 484 g/mol. The van der Waals surface area contributed by atoms with Crippen LogP contribution in [0.2, 0.25) is 18.1 Å². The van der Waals surface area contributed by atoms with Gasteiger partial charge in [0.1, 0.15) is 17.5 Å². The minimum absolute atomic E-state index is 0.0565. The van der Waals surface area contributed by atoms with Gasteiger partial charge >= 0.3 is 0 Å². The van der Waals surface area contributed by atoms with Crippen LogP contribution in [-0.4, -0.2) is 61.5 Å². The van der Waals surface area contributed by atoms with Crippen LogP contribution in [0.15, 0.2) is 18.3 Å². The third-order valence-corrected chi connectivity index (χ3v) is 12.3. The third-order valence-electron chi connectivity index (χ3n) is 7.85. The van der Waals surface area contributed by atoms with Crippen molar-refractivity contribution in [3.63, 3.8) is 0 Å². The summed E-state index contributed by atoms with van der Waals surface area (Å²) in [6, 6.07) is 3.92. The molecule has 0 unspecified atom stereocenters. The molecule has 0 spiro atoms. The topological polar surface area (TPSA) is 92.7 Å². The van der Waals surface area contributed by atoms with Crippen molar-refractivity contribution in [3.05, 3.63) is 29.7 Å². The predicted molar refractivity (Wildman–Crippen MR) is 150 cm³/mol. The lowest BCUT2D eigenvalue weighted by molar-refractivity contribution is -0.121. The molecule has 0 radical (unpaired) electrons. The maximum Gasteiger partial charge on any atom is 0.243 e. The zero-order valence-electron chi connectivity index (χ0n) is 24.0. The number of nitrogens with zero attached hydrogens (tertiary/aromatic N) is 5. The van der Waals surface area contributed by atoms with Crippen LogP contribution in [-0.2, 0) is 26.0 Å². The predicted octanol–water partition coefficient (Wildman–Crippen LogP) is 5.00. The number of amides is 1. The summed E-state index contributed by atoms with van der Waals surface area (Å²) in [4.78, 5) is 32.0. The molecule has 10 heteroatoms. The highest BCUT2D eigenvalue weighted by molar-refractivity contribution is 6.74. The maximum absolute atomic E-state index is 13.7. The molecule has 0 saturated carbocycles. The number of hydrogen-bond donors (Lipinski definition) is 1. The Morgan fingerprint density at radius 2 is 1.81 bits per heavy atom. The van der Waals surface area contributed by atoms with Crippen molar-refractivity contribution in [2.75, 3.05) is 35.3 Å². The maximum atomic E-state index is 13.7.